The van der Waals surface area contributed by atoms with E-state index >= 15 is 0 Å². The number of nitrogens with one attached hydrogen (secondary N) is 2. The smallest absolute Gasteiger partial charge is 0.251 e. The molecule has 27 heavy (non-hydrogen) atoms. The summed E-state index contributed by atoms with van der Waals surface area (Å²) in [5, 5.41) is 12.6. The molecule has 1 atom stereocenters. The van der Waals surface area contributed by atoms with Crippen LogP contribution in [-0.4, -0.2) is 16.9 Å². The second-order valence-electron chi connectivity index (χ2n) is 7.03. The standard InChI is InChI=1S/C21H18ClN3O2/c22-18-6-3-13(9-14(18)11-23)17(10-15-4-8-20(26)24-15)19-7-5-16(12-1-2-12)21(27)25-19/h3,5-7,9-10,12,15H,1-2,4,8H2,(H,24,26)(H,25,27)/t15-/m1/s1. The number of hydrogen-bond donors (Lipinski definition) is 2. The lowest BCUT2D eigenvalue weighted by molar-refractivity contribution is -0.119. The number of aromatic nitrogens is 1. The van der Waals surface area contributed by atoms with Gasteiger partial charge in [0.1, 0.15) is 6.07 Å². The minimum Gasteiger partial charge on any atom is -0.350 e. The summed E-state index contributed by atoms with van der Waals surface area (Å²) in [4.78, 5) is 27.1. The summed E-state index contributed by atoms with van der Waals surface area (Å²) in [6, 6.07) is 11.0. The van der Waals surface area contributed by atoms with Gasteiger partial charge in [-0.05, 0) is 48.9 Å². The summed E-state index contributed by atoms with van der Waals surface area (Å²) in [5.41, 5.74) is 3.32. The molecule has 136 valence electrons. The molecule has 2 heterocycles. The number of carbonyl (C=O) groups is 1. The van der Waals surface area contributed by atoms with Crippen molar-refractivity contribution in [3.8, 4) is 6.07 Å². The summed E-state index contributed by atoms with van der Waals surface area (Å²) in [6.07, 6.45) is 5.24. The molecule has 2 aromatic rings. The number of rotatable bonds is 4. The summed E-state index contributed by atoms with van der Waals surface area (Å²) in [7, 11) is 0. The van der Waals surface area contributed by atoms with E-state index < -0.39 is 0 Å². The highest BCUT2D eigenvalue weighted by Crippen LogP contribution is 2.38. The van der Waals surface area contributed by atoms with Crippen LogP contribution in [0.3, 0.4) is 0 Å². The van der Waals surface area contributed by atoms with Gasteiger partial charge >= 0.3 is 0 Å². The van der Waals surface area contributed by atoms with Crippen molar-refractivity contribution in [2.75, 3.05) is 0 Å². The van der Waals surface area contributed by atoms with Crippen LogP contribution in [0.25, 0.3) is 5.57 Å². The van der Waals surface area contributed by atoms with Crippen molar-refractivity contribution >= 4 is 23.1 Å². The van der Waals surface area contributed by atoms with Crippen LogP contribution in [0.4, 0.5) is 0 Å². The van der Waals surface area contributed by atoms with Gasteiger partial charge in [-0.1, -0.05) is 29.8 Å². The van der Waals surface area contributed by atoms with E-state index in [1.165, 1.54) is 0 Å². The zero-order valence-electron chi connectivity index (χ0n) is 14.6. The Morgan fingerprint density at radius 2 is 2.00 bits per heavy atom. The molecule has 1 amide bonds. The third-order valence-corrected chi connectivity index (χ3v) is 5.37. The van der Waals surface area contributed by atoms with Crippen molar-refractivity contribution in [3.05, 3.63) is 74.2 Å². The van der Waals surface area contributed by atoms with E-state index in [4.69, 9.17) is 11.6 Å². The maximum atomic E-state index is 12.5. The highest BCUT2D eigenvalue weighted by atomic mass is 35.5. The van der Waals surface area contributed by atoms with Gasteiger partial charge in [0.2, 0.25) is 5.91 Å². The molecule has 0 spiro atoms. The first kappa shape index (κ1) is 17.6. The molecule has 2 N–H and O–H groups in total. The lowest BCUT2D eigenvalue weighted by Crippen LogP contribution is -2.23. The monoisotopic (exact) mass is 379 g/mol. The number of carbonyl (C=O) groups excluding carboxylic acids is 1. The van der Waals surface area contributed by atoms with Crippen LogP contribution >= 0.6 is 11.6 Å². The van der Waals surface area contributed by atoms with E-state index in [-0.39, 0.29) is 17.5 Å². The number of halogens is 1. The molecule has 6 heteroatoms. The molecule has 1 aromatic heterocycles. The molecular formula is C21H18ClN3O2. The lowest BCUT2D eigenvalue weighted by atomic mass is 9.97. The van der Waals surface area contributed by atoms with Gasteiger partial charge in [0.15, 0.2) is 0 Å². The van der Waals surface area contributed by atoms with Crippen molar-refractivity contribution in [2.45, 2.75) is 37.6 Å². The quantitative estimate of drug-likeness (QED) is 0.852. The van der Waals surface area contributed by atoms with Gasteiger partial charge in [-0.2, -0.15) is 5.26 Å². The zero-order valence-corrected chi connectivity index (χ0v) is 15.3. The molecule has 2 fully saturated rings. The average Bonchev–Trinajstić information content (AvgIpc) is 3.42. The van der Waals surface area contributed by atoms with Crippen LogP contribution in [0, 0.1) is 11.3 Å². The van der Waals surface area contributed by atoms with Gasteiger partial charge in [0.05, 0.1) is 10.6 Å². The Morgan fingerprint density at radius 3 is 2.63 bits per heavy atom. The Labute approximate surface area is 161 Å². The number of pyridine rings is 1. The van der Waals surface area contributed by atoms with E-state index in [1.54, 1.807) is 12.1 Å². The maximum Gasteiger partial charge on any atom is 0.251 e. The van der Waals surface area contributed by atoms with Crippen molar-refractivity contribution in [3.63, 3.8) is 0 Å². The van der Waals surface area contributed by atoms with E-state index in [9.17, 15) is 14.9 Å². The second kappa shape index (κ2) is 7.05. The first-order valence-corrected chi connectivity index (χ1v) is 9.38. The molecule has 0 radical (unpaired) electrons. The van der Waals surface area contributed by atoms with E-state index in [2.05, 4.69) is 16.4 Å². The summed E-state index contributed by atoms with van der Waals surface area (Å²) in [6.45, 7) is 0. The van der Waals surface area contributed by atoms with Gasteiger partial charge in [0, 0.05) is 29.3 Å². The highest BCUT2D eigenvalue weighted by Gasteiger charge is 2.26. The van der Waals surface area contributed by atoms with Crippen molar-refractivity contribution < 1.29 is 4.79 Å². The van der Waals surface area contributed by atoms with Gasteiger partial charge in [0.25, 0.3) is 5.56 Å². The lowest BCUT2D eigenvalue weighted by Gasteiger charge is -2.13. The van der Waals surface area contributed by atoms with Crippen LogP contribution in [0.5, 0.6) is 0 Å². The molecule has 1 aliphatic heterocycles. The topological polar surface area (TPSA) is 85.8 Å². The summed E-state index contributed by atoms with van der Waals surface area (Å²) in [5.74, 6) is 0.382. The Hall–Kier alpha value is -2.84. The molecule has 1 saturated carbocycles. The summed E-state index contributed by atoms with van der Waals surface area (Å²) < 4.78 is 0. The normalized spacial score (nSPS) is 19.6. The molecule has 1 aromatic carbocycles. The first-order valence-electron chi connectivity index (χ1n) is 9.00. The number of aromatic amines is 1. The SMILES string of the molecule is N#Cc1cc(C(=C[C@H]2CCC(=O)N2)c2ccc(C3CC3)c(=O)[nH]2)ccc1Cl. The maximum absolute atomic E-state index is 12.5. The molecule has 0 unspecified atom stereocenters. The third-order valence-electron chi connectivity index (χ3n) is 5.04. The Kier molecular flexibility index (Phi) is 4.59. The molecule has 1 aliphatic carbocycles. The van der Waals surface area contributed by atoms with E-state index in [0.29, 0.717) is 35.0 Å². The highest BCUT2D eigenvalue weighted by molar-refractivity contribution is 6.31. The van der Waals surface area contributed by atoms with Crippen LogP contribution in [0.2, 0.25) is 5.02 Å². The number of nitrogens with zero attached hydrogens (tertiary/aromatic N) is 1. The largest absolute Gasteiger partial charge is 0.350 e. The summed E-state index contributed by atoms with van der Waals surface area (Å²) >= 11 is 6.07. The van der Waals surface area contributed by atoms with Crippen molar-refractivity contribution in [1.29, 1.82) is 5.26 Å². The Bertz CT molecular complexity index is 1040. The first-order chi connectivity index (χ1) is 13.0. The van der Waals surface area contributed by atoms with Crippen molar-refractivity contribution in [2.24, 2.45) is 0 Å². The number of nitriles is 1. The van der Waals surface area contributed by atoms with Crippen molar-refractivity contribution in [1.82, 2.24) is 10.3 Å². The molecule has 0 bridgehead atoms. The average molecular weight is 380 g/mol. The van der Waals surface area contributed by atoms with Gasteiger partial charge < -0.3 is 10.3 Å². The fraction of sp³-hybridized carbons (Fsp3) is 0.286. The fourth-order valence-electron chi connectivity index (χ4n) is 3.44. The predicted octanol–water partition coefficient (Wildman–Crippen LogP) is 3.49. The minimum absolute atomic E-state index is 0.0157. The van der Waals surface area contributed by atoms with Crippen LogP contribution in [-0.2, 0) is 4.79 Å². The Balaban J connectivity index is 1.80. The number of hydrogen-bond acceptors (Lipinski definition) is 3. The fourth-order valence-corrected chi connectivity index (χ4v) is 3.60. The van der Waals surface area contributed by atoms with E-state index in [1.807, 2.05) is 24.3 Å². The van der Waals surface area contributed by atoms with Crippen LogP contribution < -0.4 is 10.9 Å². The number of benzene rings is 1. The second-order valence-corrected chi connectivity index (χ2v) is 7.44. The molecule has 1 saturated heterocycles. The number of amides is 1. The third kappa shape index (κ3) is 3.67. The van der Waals surface area contributed by atoms with E-state index in [0.717, 1.165) is 29.5 Å². The Morgan fingerprint density at radius 1 is 1.19 bits per heavy atom. The van der Waals surface area contributed by atoms with Gasteiger partial charge in [-0.25, -0.2) is 0 Å². The number of H-pyrrole nitrogens is 1. The predicted molar refractivity (Wildman–Crippen MR) is 103 cm³/mol. The van der Waals surface area contributed by atoms with Crippen LogP contribution in [0.15, 0.2) is 41.2 Å². The van der Waals surface area contributed by atoms with Gasteiger partial charge in [-0.3, -0.25) is 9.59 Å². The molecule has 4 rings (SSSR count). The zero-order chi connectivity index (χ0) is 19.0. The molecular weight excluding hydrogens is 362 g/mol. The van der Waals surface area contributed by atoms with Crippen LogP contribution in [0.1, 0.15) is 54.0 Å². The molecule has 5 nitrogen and oxygen atoms in total. The van der Waals surface area contributed by atoms with Gasteiger partial charge in [-0.15, -0.1) is 0 Å². The molecule has 2 aliphatic rings. The minimum atomic E-state index is -0.111.